The first-order chi connectivity index (χ1) is 8.23. The second kappa shape index (κ2) is 8.92. The van der Waals surface area contributed by atoms with E-state index in [2.05, 4.69) is 27.7 Å². The molecule has 0 aliphatic heterocycles. The molecule has 1 atom stereocenters. The molecule has 0 aromatic heterocycles. The highest BCUT2D eigenvalue weighted by atomic mass is 19.1. The molecular formula is C14H29BFNO. The van der Waals surface area contributed by atoms with Gasteiger partial charge in [0.15, 0.2) is 0 Å². The molecule has 0 spiro atoms. The van der Waals surface area contributed by atoms with E-state index in [1.54, 1.807) is 0 Å². The van der Waals surface area contributed by atoms with Crippen molar-refractivity contribution < 1.29 is 9.13 Å². The number of alkyl halides is 1. The maximum Gasteiger partial charge on any atom is 0.126 e. The maximum absolute atomic E-state index is 14.0. The van der Waals surface area contributed by atoms with E-state index in [1.807, 2.05) is 11.9 Å². The zero-order valence-electron chi connectivity index (χ0n) is 12.7. The van der Waals surface area contributed by atoms with Gasteiger partial charge in [0.25, 0.3) is 0 Å². The second-order valence-corrected chi connectivity index (χ2v) is 6.21. The van der Waals surface area contributed by atoms with E-state index >= 15 is 0 Å². The van der Waals surface area contributed by atoms with Crippen molar-refractivity contribution in [2.75, 3.05) is 33.4 Å². The Bertz CT molecular complexity index is 210. The third kappa shape index (κ3) is 11.0. The largest absolute Gasteiger partial charge is 0.379 e. The Morgan fingerprint density at radius 1 is 1.22 bits per heavy atom. The van der Waals surface area contributed by atoms with Gasteiger partial charge in [-0.1, -0.05) is 27.7 Å². The zero-order chi connectivity index (χ0) is 14.2. The highest BCUT2D eigenvalue weighted by Gasteiger charge is 2.25. The molecule has 0 aliphatic rings. The third-order valence-corrected chi connectivity index (χ3v) is 2.62. The molecule has 0 aliphatic carbocycles. The summed E-state index contributed by atoms with van der Waals surface area (Å²) in [7, 11) is 7.49. The first kappa shape index (κ1) is 17.9. The monoisotopic (exact) mass is 257 g/mol. The van der Waals surface area contributed by atoms with E-state index in [0.29, 0.717) is 18.4 Å². The highest BCUT2D eigenvalue weighted by molar-refractivity contribution is 6.14. The Hall–Kier alpha value is -0.0851. The summed E-state index contributed by atoms with van der Waals surface area (Å²) < 4.78 is 19.3. The second-order valence-electron chi connectivity index (χ2n) is 6.21. The van der Waals surface area contributed by atoms with Crippen molar-refractivity contribution >= 4 is 7.85 Å². The van der Waals surface area contributed by atoms with Crippen molar-refractivity contribution in [1.29, 1.82) is 0 Å². The fourth-order valence-electron chi connectivity index (χ4n) is 2.02. The van der Waals surface area contributed by atoms with Crippen molar-refractivity contribution in [3.8, 4) is 0 Å². The first-order valence-corrected chi connectivity index (χ1v) is 6.97. The van der Waals surface area contributed by atoms with Gasteiger partial charge in [-0.25, -0.2) is 0 Å². The molecule has 0 amide bonds. The number of hydrogen-bond donors (Lipinski definition) is 0. The quantitative estimate of drug-likeness (QED) is 0.441. The van der Waals surface area contributed by atoms with Gasteiger partial charge in [-0.3, -0.25) is 4.39 Å². The van der Waals surface area contributed by atoms with Gasteiger partial charge >= 0.3 is 0 Å². The fraction of sp³-hybridized carbons (Fsp3) is 1.00. The van der Waals surface area contributed by atoms with Crippen LogP contribution in [0.2, 0.25) is 0 Å². The van der Waals surface area contributed by atoms with Crippen LogP contribution < -0.4 is 0 Å². The van der Waals surface area contributed by atoms with Gasteiger partial charge in [0.2, 0.25) is 0 Å². The Kier molecular flexibility index (Phi) is 8.88. The van der Waals surface area contributed by atoms with Gasteiger partial charge in [-0.2, -0.15) is 0 Å². The molecule has 1 unspecified atom stereocenters. The summed E-state index contributed by atoms with van der Waals surface area (Å²) in [6.07, 6.45) is 2.08. The zero-order valence-corrected chi connectivity index (χ0v) is 12.7. The number of nitrogens with zero attached hydrogens (tertiary/aromatic N) is 1. The van der Waals surface area contributed by atoms with E-state index in [-0.39, 0.29) is 13.2 Å². The van der Waals surface area contributed by atoms with Crippen LogP contribution in [0.25, 0.3) is 0 Å². The number of hydrogen-bond acceptors (Lipinski definition) is 2. The molecule has 106 valence electrons. The topological polar surface area (TPSA) is 12.5 Å². The van der Waals surface area contributed by atoms with Gasteiger partial charge in [0.05, 0.1) is 6.61 Å². The number of halogens is 1. The SMILES string of the molecule is [B]C(F)(COCCCC(C)C)CN(C)CC(C)C. The summed E-state index contributed by atoms with van der Waals surface area (Å²) in [5, 5.41) is 0. The van der Waals surface area contributed by atoms with E-state index in [9.17, 15) is 4.39 Å². The minimum Gasteiger partial charge on any atom is -0.379 e. The predicted octanol–water partition coefficient (Wildman–Crippen LogP) is 2.86. The molecule has 2 radical (unpaired) electrons. The van der Waals surface area contributed by atoms with Crippen LogP contribution in [0.3, 0.4) is 0 Å². The van der Waals surface area contributed by atoms with Crippen LogP contribution in [0.15, 0.2) is 0 Å². The lowest BCUT2D eigenvalue weighted by atomic mass is 9.84. The van der Waals surface area contributed by atoms with E-state index in [1.165, 1.54) is 0 Å². The molecule has 0 heterocycles. The molecule has 18 heavy (non-hydrogen) atoms. The summed E-state index contributed by atoms with van der Waals surface area (Å²) in [4.78, 5) is 1.92. The van der Waals surface area contributed by atoms with Gasteiger partial charge in [-0.15, -0.1) is 0 Å². The Morgan fingerprint density at radius 3 is 2.33 bits per heavy atom. The summed E-state index contributed by atoms with van der Waals surface area (Å²) in [6, 6.07) is 0. The molecule has 0 saturated heterocycles. The van der Waals surface area contributed by atoms with Gasteiger partial charge < -0.3 is 9.64 Å². The summed E-state index contributed by atoms with van der Waals surface area (Å²) in [5.74, 6) is 1.18. The molecule has 0 N–H and O–H groups in total. The maximum atomic E-state index is 14.0. The molecule has 2 nitrogen and oxygen atoms in total. The molecule has 0 aromatic rings. The number of ether oxygens (including phenoxy) is 1. The molecule has 0 aromatic carbocycles. The number of rotatable bonds is 10. The summed E-state index contributed by atoms with van der Waals surface area (Å²) in [6.45, 7) is 10.2. The van der Waals surface area contributed by atoms with Crippen LogP contribution in [-0.4, -0.2) is 51.7 Å². The predicted molar refractivity (Wildman–Crippen MR) is 76.8 cm³/mol. The van der Waals surface area contributed by atoms with Crippen LogP contribution in [0.4, 0.5) is 4.39 Å². The average Bonchev–Trinajstić information content (AvgIpc) is 2.13. The molecule has 0 rings (SSSR count). The molecule has 4 heteroatoms. The lowest BCUT2D eigenvalue weighted by Gasteiger charge is -2.28. The van der Waals surface area contributed by atoms with E-state index in [0.717, 1.165) is 19.4 Å². The molecule has 0 fully saturated rings. The Labute approximate surface area is 114 Å². The van der Waals surface area contributed by atoms with E-state index < -0.39 is 5.57 Å². The molecular weight excluding hydrogens is 228 g/mol. The van der Waals surface area contributed by atoms with Crippen molar-refractivity contribution in [1.82, 2.24) is 4.90 Å². The average molecular weight is 257 g/mol. The highest BCUT2D eigenvalue weighted by Crippen LogP contribution is 2.11. The Balaban J connectivity index is 3.72. The van der Waals surface area contributed by atoms with Crippen molar-refractivity contribution in [2.45, 2.75) is 46.1 Å². The summed E-state index contributed by atoms with van der Waals surface area (Å²) in [5.41, 5.74) is -1.75. The van der Waals surface area contributed by atoms with Crippen LogP contribution >= 0.6 is 0 Å². The van der Waals surface area contributed by atoms with Crippen molar-refractivity contribution in [3.63, 3.8) is 0 Å². The van der Waals surface area contributed by atoms with Crippen molar-refractivity contribution in [3.05, 3.63) is 0 Å². The van der Waals surface area contributed by atoms with Crippen LogP contribution in [0.5, 0.6) is 0 Å². The lowest BCUT2D eigenvalue weighted by Crippen LogP contribution is -2.43. The van der Waals surface area contributed by atoms with E-state index in [4.69, 9.17) is 12.6 Å². The van der Waals surface area contributed by atoms with Crippen LogP contribution in [0.1, 0.15) is 40.5 Å². The van der Waals surface area contributed by atoms with Gasteiger partial charge in [0, 0.05) is 19.7 Å². The molecule has 0 saturated carbocycles. The first-order valence-electron chi connectivity index (χ1n) is 6.97. The standard InChI is InChI=1S/C14H29BFNO/c1-12(2)7-6-8-18-11-14(15,16)10-17(5)9-13(3)4/h12-13H,6-11H2,1-5H3. The van der Waals surface area contributed by atoms with Gasteiger partial charge in [-0.05, 0) is 31.7 Å². The lowest BCUT2D eigenvalue weighted by molar-refractivity contribution is 0.0397. The smallest absolute Gasteiger partial charge is 0.126 e. The van der Waals surface area contributed by atoms with Crippen molar-refractivity contribution in [2.24, 2.45) is 11.8 Å². The normalized spacial score (nSPS) is 15.6. The Morgan fingerprint density at radius 2 is 1.83 bits per heavy atom. The van der Waals surface area contributed by atoms with Gasteiger partial charge in [0.1, 0.15) is 13.4 Å². The van der Waals surface area contributed by atoms with Crippen LogP contribution in [0, 0.1) is 11.8 Å². The van der Waals surface area contributed by atoms with Crippen LogP contribution in [-0.2, 0) is 4.74 Å². The fourth-order valence-corrected chi connectivity index (χ4v) is 2.02. The minimum absolute atomic E-state index is 0.0203. The third-order valence-electron chi connectivity index (χ3n) is 2.62. The molecule has 0 bridgehead atoms. The summed E-state index contributed by atoms with van der Waals surface area (Å²) >= 11 is 0. The minimum atomic E-state index is -1.75.